The lowest BCUT2D eigenvalue weighted by molar-refractivity contribution is -0.167. The number of carbonyl (C=O) groups is 3. The number of hydrogen-bond donors (Lipinski definition) is 0. The molecule has 6 heteroatoms. The van der Waals surface area contributed by atoms with Crippen LogP contribution in [-0.2, 0) is 28.6 Å². The highest BCUT2D eigenvalue weighted by Gasteiger charge is 2.19. The van der Waals surface area contributed by atoms with Crippen molar-refractivity contribution >= 4 is 17.9 Å². The van der Waals surface area contributed by atoms with E-state index in [1.54, 1.807) is 0 Å². The predicted molar refractivity (Wildman–Crippen MR) is 288 cm³/mol. The molecule has 67 heavy (non-hydrogen) atoms. The monoisotopic (exact) mass is 929 g/mol. The summed E-state index contributed by atoms with van der Waals surface area (Å²) < 4.78 is 16.8. The fraction of sp³-hybridized carbons (Fsp3) is 0.656. The van der Waals surface area contributed by atoms with Crippen LogP contribution in [0, 0.1) is 0 Å². The van der Waals surface area contributed by atoms with E-state index in [2.05, 4.69) is 130 Å². The van der Waals surface area contributed by atoms with E-state index in [0.717, 1.165) is 103 Å². The van der Waals surface area contributed by atoms with Crippen LogP contribution in [0.1, 0.15) is 239 Å². The molecule has 0 amide bonds. The summed E-state index contributed by atoms with van der Waals surface area (Å²) in [6, 6.07) is 0. The van der Waals surface area contributed by atoms with E-state index in [-0.39, 0.29) is 31.1 Å². The largest absolute Gasteiger partial charge is 0.462 e. The van der Waals surface area contributed by atoms with Gasteiger partial charge >= 0.3 is 17.9 Å². The highest BCUT2D eigenvalue weighted by molar-refractivity contribution is 5.71. The smallest absolute Gasteiger partial charge is 0.306 e. The van der Waals surface area contributed by atoms with Crippen LogP contribution in [0.2, 0.25) is 0 Å². The Morgan fingerprint density at radius 2 is 0.582 bits per heavy atom. The Hall–Kier alpha value is -3.93. The van der Waals surface area contributed by atoms with Gasteiger partial charge in [0.1, 0.15) is 13.2 Å². The Bertz CT molecular complexity index is 1390. The van der Waals surface area contributed by atoms with E-state index >= 15 is 0 Å². The second kappa shape index (κ2) is 54.7. The van der Waals surface area contributed by atoms with Crippen LogP contribution in [-0.4, -0.2) is 37.2 Å². The van der Waals surface area contributed by atoms with Crippen LogP contribution in [0.3, 0.4) is 0 Å². The molecule has 0 saturated heterocycles. The molecule has 0 spiro atoms. The summed E-state index contributed by atoms with van der Waals surface area (Å²) in [4.78, 5) is 38.1. The molecule has 0 aromatic heterocycles. The first-order valence-electron chi connectivity index (χ1n) is 27.4. The van der Waals surface area contributed by atoms with Crippen LogP contribution in [0.25, 0.3) is 0 Å². The summed E-state index contributed by atoms with van der Waals surface area (Å²) >= 11 is 0. The second-order valence-electron chi connectivity index (χ2n) is 17.7. The van der Waals surface area contributed by atoms with E-state index in [1.807, 2.05) is 0 Å². The fourth-order valence-electron chi connectivity index (χ4n) is 7.12. The van der Waals surface area contributed by atoms with Gasteiger partial charge in [0.25, 0.3) is 0 Å². The lowest BCUT2D eigenvalue weighted by Crippen LogP contribution is -2.30. The standard InChI is InChI=1S/C61H100O6/c1-4-7-10-13-16-19-22-25-28-29-30-31-34-36-39-42-45-48-51-54-60(63)66-57-58(67-61(64)55-52-49-46-43-40-37-33-27-24-21-18-15-12-9-6-3)56-65-59(62)53-50-47-44-41-38-35-32-26-23-20-17-14-11-8-5-2/h8,11,16-17,19-21,24-26,28,30-32,36,38-39,41,58H,4-7,9-10,12-15,18,22-23,27,29,33-35,37,40,42-57H2,1-3H3/b11-8-,19-16-,20-17-,24-21-,28-25-,31-30-,32-26-,39-36-,41-38-/t58-/m1/s1. The number of unbranched alkanes of at least 4 members (excludes halogenated alkanes) is 19. The molecule has 0 radical (unpaired) electrons. The molecule has 0 aliphatic heterocycles. The summed E-state index contributed by atoms with van der Waals surface area (Å²) in [5.74, 6) is -0.988. The summed E-state index contributed by atoms with van der Waals surface area (Å²) in [5.41, 5.74) is 0. The highest BCUT2D eigenvalue weighted by atomic mass is 16.6. The van der Waals surface area contributed by atoms with E-state index in [4.69, 9.17) is 14.2 Å². The third-order valence-corrected chi connectivity index (χ3v) is 11.2. The van der Waals surface area contributed by atoms with Gasteiger partial charge in [-0.25, -0.2) is 0 Å². The Morgan fingerprint density at radius 3 is 1.00 bits per heavy atom. The molecule has 0 aliphatic rings. The number of rotatable bonds is 48. The first kappa shape index (κ1) is 63.1. The van der Waals surface area contributed by atoms with Crippen molar-refractivity contribution in [2.24, 2.45) is 0 Å². The number of ether oxygens (including phenoxy) is 3. The molecule has 0 N–H and O–H groups in total. The van der Waals surface area contributed by atoms with Gasteiger partial charge in [-0.1, -0.05) is 201 Å². The van der Waals surface area contributed by atoms with Gasteiger partial charge in [-0.05, 0) is 128 Å². The molecule has 1 atom stereocenters. The lowest BCUT2D eigenvalue weighted by atomic mass is 10.1. The van der Waals surface area contributed by atoms with Gasteiger partial charge in [-0.2, -0.15) is 0 Å². The van der Waals surface area contributed by atoms with Crippen molar-refractivity contribution in [3.05, 3.63) is 109 Å². The van der Waals surface area contributed by atoms with Gasteiger partial charge in [-0.3, -0.25) is 14.4 Å². The van der Waals surface area contributed by atoms with Gasteiger partial charge < -0.3 is 14.2 Å². The van der Waals surface area contributed by atoms with Crippen molar-refractivity contribution < 1.29 is 28.6 Å². The van der Waals surface area contributed by atoms with Crippen LogP contribution >= 0.6 is 0 Å². The van der Waals surface area contributed by atoms with Gasteiger partial charge in [0.2, 0.25) is 0 Å². The predicted octanol–water partition coefficient (Wildman–Crippen LogP) is 18.3. The lowest BCUT2D eigenvalue weighted by Gasteiger charge is -2.18. The number of hydrogen-bond acceptors (Lipinski definition) is 6. The minimum Gasteiger partial charge on any atom is -0.462 e. The van der Waals surface area contributed by atoms with Crippen molar-refractivity contribution in [2.75, 3.05) is 13.2 Å². The molecule has 0 rings (SSSR count). The Morgan fingerprint density at radius 1 is 0.313 bits per heavy atom. The normalized spacial score (nSPS) is 12.9. The molecular weight excluding hydrogens is 829 g/mol. The maximum Gasteiger partial charge on any atom is 0.306 e. The first-order chi connectivity index (χ1) is 33.0. The van der Waals surface area contributed by atoms with Crippen molar-refractivity contribution in [1.82, 2.24) is 0 Å². The van der Waals surface area contributed by atoms with Gasteiger partial charge in [0.15, 0.2) is 6.10 Å². The third kappa shape index (κ3) is 52.9. The molecule has 0 aliphatic carbocycles. The molecule has 0 aromatic carbocycles. The fourth-order valence-corrected chi connectivity index (χ4v) is 7.12. The summed E-state index contributed by atoms with van der Waals surface area (Å²) in [6.07, 6.45) is 73.6. The van der Waals surface area contributed by atoms with Crippen LogP contribution in [0.15, 0.2) is 109 Å². The minimum atomic E-state index is -0.812. The quantitative estimate of drug-likeness (QED) is 0.0262. The van der Waals surface area contributed by atoms with Gasteiger partial charge in [0, 0.05) is 19.3 Å². The zero-order chi connectivity index (χ0) is 48.6. The van der Waals surface area contributed by atoms with E-state index in [1.165, 1.54) is 89.9 Å². The van der Waals surface area contributed by atoms with Crippen molar-refractivity contribution in [1.29, 1.82) is 0 Å². The van der Waals surface area contributed by atoms with E-state index in [9.17, 15) is 14.4 Å². The minimum absolute atomic E-state index is 0.111. The molecule has 6 nitrogen and oxygen atoms in total. The van der Waals surface area contributed by atoms with E-state index in [0.29, 0.717) is 25.7 Å². The Balaban J connectivity index is 4.52. The molecule has 0 heterocycles. The Labute approximate surface area is 412 Å². The number of carbonyl (C=O) groups excluding carboxylic acids is 3. The Kier molecular flexibility index (Phi) is 51.5. The summed E-state index contributed by atoms with van der Waals surface area (Å²) in [5, 5.41) is 0. The molecule has 0 fully saturated rings. The number of allylic oxidation sites excluding steroid dienone is 18. The molecule has 0 bridgehead atoms. The number of esters is 3. The average molecular weight is 929 g/mol. The van der Waals surface area contributed by atoms with Crippen molar-refractivity contribution in [3.8, 4) is 0 Å². The molecular formula is C61H100O6. The molecule has 0 aromatic rings. The van der Waals surface area contributed by atoms with Gasteiger partial charge in [0.05, 0.1) is 0 Å². The zero-order valence-corrected chi connectivity index (χ0v) is 43.4. The van der Waals surface area contributed by atoms with Crippen LogP contribution in [0.4, 0.5) is 0 Å². The zero-order valence-electron chi connectivity index (χ0n) is 43.4. The molecule has 0 saturated carbocycles. The third-order valence-electron chi connectivity index (χ3n) is 11.2. The first-order valence-corrected chi connectivity index (χ1v) is 27.4. The van der Waals surface area contributed by atoms with Crippen molar-refractivity contribution in [3.63, 3.8) is 0 Å². The summed E-state index contributed by atoms with van der Waals surface area (Å²) in [6.45, 7) is 6.41. The maximum absolute atomic E-state index is 12.8. The molecule has 0 unspecified atom stereocenters. The average Bonchev–Trinajstić information content (AvgIpc) is 3.33. The van der Waals surface area contributed by atoms with E-state index < -0.39 is 6.10 Å². The van der Waals surface area contributed by atoms with Crippen LogP contribution < -0.4 is 0 Å². The topological polar surface area (TPSA) is 78.9 Å². The van der Waals surface area contributed by atoms with Crippen molar-refractivity contribution in [2.45, 2.75) is 245 Å². The van der Waals surface area contributed by atoms with Crippen LogP contribution in [0.5, 0.6) is 0 Å². The SMILES string of the molecule is CC/C=C\C/C=C\C/C=C\C/C=C\CCCCC(=O)OC[C@H](COC(=O)CCCCC/C=C\C/C=C\C/C=C\C/C=C\CCCCC)OC(=O)CCCCCCCCC/C=C\CCCCCC. The highest BCUT2D eigenvalue weighted by Crippen LogP contribution is 2.13. The summed E-state index contributed by atoms with van der Waals surface area (Å²) in [7, 11) is 0. The maximum atomic E-state index is 12.8. The second-order valence-corrected chi connectivity index (χ2v) is 17.7. The van der Waals surface area contributed by atoms with Gasteiger partial charge in [-0.15, -0.1) is 0 Å². The molecule has 380 valence electrons.